The number of Topliss-reactive ketones (excluding diaryl/α,β-unsaturated/α-hetero) is 1. The largest absolute Gasteiger partial charge is 0.379 e. The zero-order valence-corrected chi connectivity index (χ0v) is 14.8. The second-order valence-electron chi connectivity index (χ2n) is 6.53. The molecule has 4 rings (SSSR count). The van der Waals surface area contributed by atoms with Crippen LogP contribution in [0.2, 0.25) is 0 Å². The molecule has 0 saturated carbocycles. The standard InChI is InChI=1S/C21H20N4O2/c26-20-5-1-4-17-16(20)13-24-18-7-6-15(11-19(18)25-17)21(27)23-10-8-14-3-2-9-22-12-14/h1-4,6-7,9,11-12,24-25H,5,8,10,13H2,(H,23,27). The molecule has 0 radical (unpaired) electrons. The number of nitrogens with zero attached hydrogens (tertiary/aromatic N) is 1. The van der Waals surface area contributed by atoms with Crippen LogP contribution in [0.1, 0.15) is 22.3 Å². The van der Waals surface area contributed by atoms with Crippen molar-refractivity contribution in [1.29, 1.82) is 0 Å². The van der Waals surface area contributed by atoms with Gasteiger partial charge in [-0.2, -0.15) is 0 Å². The van der Waals surface area contributed by atoms with Crippen LogP contribution < -0.4 is 16.0 Å². The topological polar surface area (TPSA) is 83.1 Å². The summed E-state index contributed by atoms with van der Waals surface area (Å²) in [6.45, 7) is 1.02. The zero-order chi connectivity index (χ0) is 18.6. The lowest BCUT2D eigenvalue weighted by Gasteiger charge is -2.13. The number of hydrogen-bond acceptors (Lipinski definition) is 5. The second kappa shape index (κ2) is 7.45. The molecule has 1 aliphatic carbocycles. The third kappa shape index (κ3) is 3.74. The van der Waals surface area contributed by atoms with Gasteiger partial charge in [0.05, 0.1) is 11.4 Å². The SMILES string of the molecule is O=C1CC=CC2=C1CNc1ccc(C(=O)NCCc3cccnc3)cc1N2. The molecule has 0 fully saturated rings. The number of hydrogen-bond donors (Lipinski definition) is 3. The van der Waals surface area contributed by atoms with Gasteiger partial charge in [-0.15, -0.1) is 0 Å². The lowest BCUT2D eigenvalue weighted by molar-refractivity contribution is -0.114. The molecule has 3 N–H and O–H groups in total. The average molecular weight is 360 g/mol. The van der Waals surface area contributed by atoms with Gasteiger partial charge >= 0.3 is 0 Å². The molecule has 2 heterocycles. The highest BCUT2D eigenvalue weighted by Gasteiger charge is 2.21. The third-order valence-electron chi connectivity index (χ3n) is 4.68. The van der Waals surface area contributed by atoms with Crippen LogP contribution in [0.5, 0.6) is 0 Å². The van der Waals surface area contributed by atoms with E-state index in [1.807, 2.05) is 36.4 Å². The Morgan fingerprint density at radius 1 is 1.22 bits per heavy atom. The van der Waals surface area contributed by atoms with Crippen LogP contribution in [0, 0.1) is 0 Å². The maximum atomic E-state index is 12.5. The van der Waals surface area contributed by atoms with Gasteiger partial charge in [-0.1, -0.05) is 12.1 Å². The summed E-state index contributed by atoms with van der Waals surface area (Å²) in [4.78, 5) is 28.6. The molecule has 0 bridgehead atoms. The number of aromatic nitrogens is 1. The summed E-state index contributed by atoms with van der Waals surface area (Å²) < 4.78 is 0. The van der Waals surface area contributed by atoms with E-state index in [1.165, 1.54) is 0 Å². The van der Waals surface area contributed by atoms with Gasteiger partial charge < -0.3 is 16.0 Å². The molecule has 136 valence electrons. The molecule has 2 aromatic rings. The minimum atomic E-state index is -0.128. The third-order valence-corrected chi connectivity index (χ3v) is 4.68. The first kappa shape index (κ1) is 17.0. The van der Waals surface area contributed by atoms with Crippen LogP contribution >= 0.6 is 0 Å². The Labute approximate surface area is 157 Å². The predicted molar refractivity (Wildman–Crippen MR) is 105 cm³/mol. The fraction of sp³-hybridized carbons (Fsp3) is 0.190. The molecule has 1 amide bonds. The van der Waals surface area contributed by atoms with Crippen molar-refractivity contribution in [1.82, 2.24) is 10.3 Å². The molecule has 0 spiro atoms. The normalized spacial score (nSPS) is 15.2. The molecule has 0 unspecified atom stereocenters. The molecule has 27 heavy (non-hydrogen) atoms. The molecule has 0 saturated heterocycles. The van der Waals surface area contributed by atoms with Gasteiger partial charge in [0.2, 0.25) is 0 Å². The second-order valence-corrected chi connectivity index (χ2v) is 6.53. The number of benzene rings is 1. The molecule has 1 aromatic carbocycles. The van der Waals surface area contributed by atoms with Crippen molar-refractivity contribution in [2.24, 2.45) is 0 Å². The van der Waals surface area contributed by atoms with Crippen LogP contribution in [-0.4, -0.2) is 29.8 Å². The Hall–Kier alpha value is -3.41. The van der Waals surface area contributed by atoms with Gasteiger partial charge in [-0.25, -0.2) is 0 Å². The van der Waals surface area contributed by atoms with E-state index in [9.17, 15) is 9.59 Å². The minimum Gasteiger partial charge on any atom is -0.379 e. The van der Waals surface area contributed by atoms with Crippen LogP contribution in [0.4, 0.5) is 11.4 Å². The van der Waals surface area contributed by atoms with Crippen molar-refractivity contribution in [2.75, 3.05) is 23.7 Å². The first-order valence-electron chi connectivity index (χ1n) is 8.95. The van der Waals surface area contributed by atoms with Crippen LogP contribution in [0.15, 0.2) is 66.1 Å². The van der Waals surface area contributed by atoms with Crippen molar-refractivity contribution >= 4 is 23.1 Å². The van der Waals surface area contributed by atoms with Gasteiger partial charge in [0.25, 0.3) is 5.91 Å². The number of carbonyl (C=O) groups is 2. The number of rotatable bonds is 4. The maximum absolute atomic E-state index is 12.5. The van der Waals surface area contributed by atoms with E-state index in [2.05, 4.69) is 20.9 Å². The van der Waals surface area contributed by atoms with Crippen LogP contribution in [-0.2, 0) is 11.2 Å². The van der Waals surface area contributed by atoms with Crippen LogP contribution in [0.3, 0.4) is 0 Å². The van der Waals surface area contributed by atoms with Gasteiger partial charge in [-0.3, -0.25) is 14.6 Å². The highest BCUT2D eigenvalue weighted by atomic mass is 16.1. The van der Waals surface area contributed by atoms with E-state index in [0.717, 1.165) is 34.6 Å². The molecular formula is C21H20N4O2. The first-order chi connectivity index (χ1) is 13.2. The van der Waals surface area contributed by atoms with Crippen LogP contribution in [0.25, 0.3) is 0 Å². The minimum absolute atomic E-state index is 0.119. The fourth-order valence-electron chi connectivity index (χ4n) is 3.21. The average Bonchev–Trinajstić information content (AvgIpc) is 2.88. The van der Waals surface area contributed by atoms with Gasteiger partial charge in [0.15, 0.2) is 5.78 Å². The number of amides is 1. The lowest BCUT2D eigenvalue weighted by Crippen LogP contribution is -2.25. The Kier molecular flexibility index (Phi) is 4.70. The van der Waals surface area contributed by atoms with Crippen molar-refractivity contribution in [3.8, 4) is 0 Å². The molecule has 0 atom stereocenters. The maximum Gasteiger partial charge on any atom is 0.251 e. The summed E-state index contributed by atoms with van der Waals surface area (Å²) in [5, 5.41) is 9.50. The Morgan fingerprint density at radius 2 is 2.15 bits per heavy atom. The Bertz CT molecular complexity index is 948. The van der Waals surface area contributed by atoms with Gasteiger partial charge in [0, 0.05) is 48.7 Å². The molecular weight excluding hydrogens is 340 g/mol. The predicted octanol–water partition coefficient (Wildman–Crippen LogP) is 2.67. The number of fused-ring (bicyclic) bond motifs is 1. The molecule has 6 nitrogen and oxygen atoms in total. The fourth-order valence-corrected chi connectivity index (χ4v) is 3.21. The number of nitrogens with one attached hydrogen (secondary N) is 3. The Morgan fingerprint density at radius 3 is 3.00 bits per heavy atom. The smallest absolute Gasteiger partial charge is 0.251 e. The van der Waals surface area contributed by atoms with Crippen molar-refractivity contribution in [2.45, 2.75) is 12.8 Å². The Balaban J connectivity index is 1.45. The quantitative estimate of drug-likeness (QED) is 0.781. The van der Waals surface area contributed by atoms with E-state index in [4.69, 9.17) is 0 Å². The van der Waals surface area contributed by atoms with Gasteiger partial charge in [-0.05, 0) is 42.3 Å². The molecule has 1 aliphatic heterocycles. The molecule has 6 heteroatoms. The first-order valence-corrected chi connectivity index (χ1v) is 8.95. The van der Waals surface area contributed by atoms with E-state index in [0.29, 0.717) is 25.1 Å². The summed E-state index contributed by atoms with van der Waals surface area (Å²) in [6, 6.07) is 9.33. The van der Waals surface area contributed by atoms with E-state index < -0.39 is 0 Å². The van der Waals surface area contributed by atoms with E-state index >= 15 is 0 Å². The van der Waals surface area contributed by atoms with E-state index in [1.54, 1.807) is 18.5 Å². The number of pyridine rings is 1. The van der Waals surface area contributed by atoms with E-state index in [-0.39, 0.29) is 11.7 Å². The van der Waals surface area contributed by atoms with Gasteiger partial charge in [0.1, 0.15) is 0 Å². The molecule has 2 aliphatic rings. The van der Waals surface area contributed by atoms with Crippen molar-refractivity contribution in [3.63, 3.8) is 0 Å². The highest BCUT2D eigenvalue weighted by Crippen LogP contribution is 2.30. The number of anilines is 2. The number of ketones is 1. The number of allylic oxidation sites excluding steroid dienone is 2. The lowest BCUT2D eigenvalue weighted by atomic mass is 10.0. The monoisotopic (exact) mass is 360 g/mol. The van der Waals surface area contributed by atoms with Crippen molar-refractivity contribution in [3.05, 3.63) is 77.3 Å². The summed E-state index contributed by atoms with van der Waals surface area (Å²) in [5.74, 6) is -0.00845. The molecule has 1 aromatic heterocycles. The zero-order valence-electron chi connectivity index (χ0n) is 14.8. The summed E-state index contributed by atoms with van der Waals surface area (Å²) in [5.41, 5.74) is 4.86. The highest BCUT2D eigenvalue weighted by molar-refractivity contribution is 6.02. The number of carbonyl (C=O) groups excluding carboxylic acids is 2. The summed E-state index contributed by atoms with van der Waals surface area (Å²) in [6.07, 6.45) is 8.47. The van der Waals surface area contributed by atoms with Crippen molar-refractivity contribution < 1.29 is 9.59 Å². The summed E-state index contributed by atoms with van der Waals surface area (Å²) in [7, 11) is 0. The summed E-state index contributed by atoms with van der Waals surface area (Å²) >= 11 is 0.